The molecule has 0 unspecified atom stereocenters. The number of hydrogen-bond acceptors (Lipinski definition) is 3. The highest BCUT2D eigenvalue weighted by Gasteiger charge is 2.17. The van der Waals surface area contributed by atoms with Crippen LogP contribution >= 0.6 is 15.9 Å². The zero-order chi connectivity index (χ0) is 14.6. The molecule has 0 bridgehead atoms. The molecule has 1 aromatic rings. The van der Waals surface area contributed by atoms with Crippen LogP contribution in [0.3, 0.4) is 0 Å². The molecular formula is C12H16BrNO4S. The summed E-state index contributed by atoms with van der Waals surface area (Å²) < 4.78 is 26.7. The van der Waals surface area contributed by atoms with Crippen LogP contribution in [0.5, 0.6) is 0 Å². The molecular weight excluding hydrogens is 334 g/mol. The van der Waals surface area contributed by atoms with Crippen molar-refractivity contribution in [2.24, 2.45) is 5.92 Å². The second-order valence-electron chi connectivity index (χ2n) is 4.60. The summed E-state index contributed by atoms with van der Waals surface area (Å²) in [4.78, 5) is 11.0. The molecule has 0 atom stereocenters. The molecule has 0 heterocycles. The first kappa shape index (κ1) is 16.0. The first-order chi connectivity index (χ1) is 8.71. The molecule has 0 aliphatic heterocycles. The van der Waals surface area contributed by atoms with E-state index in [0.29, 0.717) is 10.9 Å². The maximum atomic E-state index is 11.9. The number of carboxylic acid groups (broad SMARTS) is 1. The lowest BCUT2D eigenvalue weighted by Crippen LogP contribution is -2.19. The number of anilines is 1. The minimum atomic E-state index is -3.54. The van der Waals surface area contributed by atoms with Gasteiger partial charge in [-0.2, -0.15) is 0 Å². The Labute approximate surface area is 121 Å². The van der Waals surface area contributed by atoms with Crippen LogP contribution in [-0.2, 0) is 10.0 Å². The summed E-state index contributed by atoms with van der Waals surface area (Å²) in [5.41, 5.74) is 0.00181. The summed E-state index contributed by atoms with van der Waals surface area (Å²) in [6.45, 7) is 3.86. The highest BCUT2D eigenvalue weighted by molar-refractivity contribution is 9.10. The van der Waals surface area contributed by atoms with E-state index in [4.69, 9.17) is 5.11 Å². The third-order valence-electron chi connectivity index (χ3n) is 2.44. The van der Waals surface area contributed by atoms with Gasteiger partial charge in [0.2, 0.25) is 10.0 Å². The molecule has 19 heavy (non-hydrogen) atoms. The van der Waals surface area contributed by atoms with E-state index in [1.54, 1.807) is 6.07 Å². The predicted octanol–water partition coefficient (Wildman–Crippen LogP) is 2.94. The molecule has 0 spiro atoms. The Morgan fingerprint density at radius 1 is 1.42 bits per heavy atom. The number of carbonyl (C=O) groups is 1. The summed E-state index contributed by atoms with van der Waals surface area (Å²) in [5.74, 6) is -0.942. The van der Waals surface area contributed by atoms with E-state index in [0.717, 1.165) is 0 Å². The lowest BCUT2D eigenvalue weighted by atomic mass is 10.2. The van der Waals surface area contributed by atoms with Crippen molar-refractivity contribution in [1.29, 1.82) is 0 Å². The van der Waals surface area contributed by atoms with E-state index in [-0.39, 0.29) is 22.9 Å². The third kappa shape index (κ3) is 5.20. The maximum absolute atomic E-state index is 11.9. The van der Waals surface area contributed by atoms with Crippen LogP contribution in [-0.4, -0.2) is 25.2 Å². The van der Waals surface area contributed by atoms with Crippen molar-refractivity contribution in [1.82, 2.24) is 0 Å². The molecule has 0 fully saturated rings. The number of benzene rings is 1. The number of rotatable bonds is 6. The van der Waals surface area contributed by atoms with Gasteiger partial charge in [0, 0.05) is 4.47 Å². The normalized spacial score (nSPS) is 11.6. The van der Waals surface area contributed by atoms with Gasteiger partial charge < -0.3 is 5.11 Å². The van der Waals surface area contributed by atoms with Gasteiger partial charge in [-0.25, -0.2) is 13.2 Å². The Hall–Kier alpha value is -1.08. The minimum absolute atomic E-state index is 0.0315. The van der Waals surface area contributed by atoms with Crippen molar-refractivity contribution in [2.45, 2.75) is 20.3 Å². The standard InChI is InChI=1S/C12H16BrNO4S/c1-8(2)5-6-19(17,18)14-11-7-9(13)3-4-10(11)12(15)16/h3-4,7-8,14H,5-6H2,1-2H3,(H,15,16). The summed E-state index contributed by atoms with van der Waals surface area (Å²) in [7, 11) is -3.54. The van der Waals surface area contributed by atoms with Gasteiger partial charge >= 0.3 is 5.97 Å². The summed E-state index contributed by atoms with van der Waals surface area (Å²) in [6.07, 6.45) is 0.520. The number of hydrogen-bond donors (Lipinski definition) is 2. The number of halogens is 1. The van der Waals surface area contributed by atoms with Crippen LogP contribution in [0.1, 0.15) is 30.6 Å². The number of nitrogens with one attached hydrogen (secondary N) is 1. The molecule has 0 aliphatic carbocycles. The van der Waals surface area contributed by atoms with Gasteiger partial charge in [0.15, 0.2) is 0 Å². The Kier molecular flexibility index (Phi) is 5.37. The molecule has 106 valence electrons. The molecule has 5 nitrogen and oxygen atoms in total. The van der Waals surface area contributed by atoms with Gasteiger partial charge in [0.05, 0.1) is 17.0 Å². The van der Waals surface area contributed by atoms with Gasteiger partial charge in [-0.3, -0.25) is 4.72 Å². The van der Waals surface area contributed by atoms with Gasteiger partial charge in [0.25, 0.3) is 0 Å². The fraction of sp³-hybridized carbons (Fsp3) is 0.417. The first-order valence-corrected chi connectivity index (χ1v) is 8.19. The molecule has 1 aromatic carbocycles. The second kappa shape index (κ2) is 6.38. The lowest BCUT2D eigenvalue weighted by molar-refractivity contribution is 0.0698. The van der Waals surface area contributed by atoms with Gasteiger partial charge in [-0.1, -0.05) is 29.8 Å². The van der Waals surface area contributed by atoms with Crippen LogP contribution in [0.2, 0.25) is 0 Å². The van der Waals surface area contributed by atoms with Crippen molar-refractivity contribution in [2.75, 3.05) is 10.5 Å². The monoisotopic (exact) mass is 349 g/mol. The molecule has 0 saturated heterocycles. The maximum Gasteiger partial charge on any atom is 0.337 e. The SMILES string of the molecule is CC(C)CCS(=O)(=O)Nc1cc(Br)ccc1C(=O)O. The molecule has 2 N–H and O–H groups in total. The predicted molar refractivity (Wildman–Crippen MR) is 78.0 cm³/mol. The molecule has 1 rings (SSSR count). The third-order valence-corrected chi connectivity index (χ3v) is 4.24. The van der Waals surface area contributed by atoms with Crippen molar-refractivity contribution in [3.63, 3.8) is 0 Å². The molecule has 0 aliphatic rings. The van der Waals surface area contributed by atoms with Gasteiger partial charge in [-0.15, -0.1) is 0 Å². The van der Waals surface area contributed by atoms with Crippen molar-refractivity contribution in [3.05, 3.63) is 28.2 Å². The van der Waals surface area contributed by atoms with E-state index in [1.807, 2.05) is 13.8 Å². The smallest absolute Gasteiger partial charge is 0.337 e. The second-order valence-corrected chi connectivity index (χ2v) is 7.36. The summed E-state index contributed by atoms with van der Waals surface area (Å²) in [6, 6.07) is 4.35. The molecule has 0 aromatic heterocycles. The average Bonchev–Trinajstić information content (AvgIpc) is 2.25. The van der Waals surface area contributed by atoms with E-state index in [1.165, 1.54) is 12.1 Å². The van der Waals surface area contributed by atoms with Crippen LogP contribution < -0.4 is 4.72 Å². The highest BCUT2D eigenvalue weighted by Crippen LogP contribution is 2.23. The van der Waals surface area contributed by atoms with Crippen molar-refractivity contribution in [3.8, 4) is 0 Å². The van der Waals surface area contributed by atoms with Crippen LogP contribution in [0, 0.1) is 5.92 Å². The van der Waals surface area contributed by atoms with Crippen molar-refractivity contribution < 1.29 is 18.3 Å². The first-order valence-electron chi connectivity index (χ1n) is 5.74. The average molecular weight is 350 g/mol. The summed E-state index contributed by atoms with van der Waals surface area (Å²) >= 11 is 3.19. The lowest BCUT2D eigenvalue weighted by Gasteiger charge is -2.11. The van der Waals surface area contributed by atoms with E-state index >= 15 is 0 Å². The van der Waals surface area contributed by atoms with E-state index in [9.17, 15) is 13.2 Å². The molecule has 0 saturated carbocycles. The minimum Gasteiger partial charge on any atom is -0.478 e. The fourth-order valence-corrected chi connectivity index (χ4v) is 3.15. The topological polar surface area (TPSA) is 83.5 Å². The number of carboxylic acids is 1. The summed E-state index contributed by atoms with van der Waals surface area (Å²) in [5, 5.41) is 9.02. The molecule has 0 amide bonds. The Bertz CT molecular complexity index is 569. The van der Waals surface area contributed by atoms with Crippen LogP contribution in [0.4, 0.5) is 5.69 Å². The zero-order valence-corrected chi connectivity index (χ0v) is 13.1. The number of sulfonamides is 1. The van der Waals surface area contributed by atoms with E-state index in [2.05, 4.69) is 20.7 Å². The van der Waals surface area contributed by atoms with Crippen LogP contribution in [0.25, 0.3) is 0 Å². The Morgan fingerprint density at radius 3 is 2.58 bits per heavy atom. The Morgan fingerprint density at radius 2 is 2.05 bits per heavy atom. The van der Waals surface area contributed by atoms with Gasteiger partial charge in [-0.05, 0) is 30.5 Å². The highest BCUT2D eigenvalue weighted by atomic mass is 79.9. The quantitative estimate of drug-likeness (QED) is 0.826. The molecule has 0 radical (unpaired) electrons. The van der Waals surface area contributed by atoms with E-state index < -0.39 is 16.0 Å². The van der Waals surface area contributed by atoms with Crippen molar-refractivity contribution >= 4 is 37.6 Å². The zero-order valence-electron chi connectivity index (χ0n) is 10.7. The fourth-order valence-electron chi connectivity index (χ4n) is 1.40. The van der Waals surface area contributed by atoms with Gasteiger partial charge in [0.1, 0.15) is 0 Å². The Balaban J connectivity index is 2.98. The number of aromatic carboxylic acids is 1. The molecule has 7 heteroatoms. The largest absolute Gasteiger partial charge is 0.478 e. The van der Waals surface area contributed by atoms with Crippen LogP contribution in [0.15, 0.2) is 22.7 Å².